The molecule has 2 rings (SSSR count). The number of hydrogen-bond acceptors (Lipinski definition) is 3. The van der Waals surface area contributed by atoms with E-state index in [4.69, 9.17) is 0 Å². The summed E-state index contributed by atoms with van der Waals surface area (Å²) in [4.78, 5) is 11.8. The molecule has 17 heavy (non-hydrogen) atoms. The summed E-state index contributed by atoms with van der Waals surface area (Å²) >= 11 is 0. The lowest BCUT2D eigenvalue weighted by atomic mass is 9.92. The molecule has 0 aromatic carbocycles. The van der Waals surface area contributed by atoms with Crippen LogP contribution in [0.15, 0.2) is 43.1 Å². The highest BCUT2D eigenvalue weighted by atomic mass is 14.8. The van der Waals surface area contributed by atoms with Crippen molar-refractivity contribution in [3.05, 3.63) is 54.4 Å². The van der Waals surface area contributed by atoms with Gasteiger partial charge in [0.1, 0.15) is 6.33 Å². The van der Waals surface area contributed by atoms with Gasteiger partial charge in [0.2, 0.25) is 0 Å². The van der Waals surface area contributed by atoms with Crippen molar-refractivity contribution >= 4 is 0 Å². The van der Waals surface area contributed by atoms with E-state index in [1.54, 1.807) is 24.9 Å². The third-order valence-corrected chi connectivity index (χ3v) is 2.20. The minimum atomic E-state index is 0.142. The molecule has 3 heteroatoms. The van der Waals surface area contributed by atoms with E-state index < -0.39 is 0 Å². The molecule has 90 valence electrons. The highest BCUT2D eigenvalue weighted by molar-refractivity contribution is 5.09. The van der Waals surface area contributed by atoms with Gasteiger partial charge in [-0.1, -0.05) is 20.8 Å². The summed E-state index contributed by atoms with van der Waals surface area (Å²) in [7, 11) is 0. The molecule has 0 bridgehead atoms. The Balaban J connectivity index is 0.000000181. The van der Waals surface area contributed by atoms with E-state index in [-0.39, 0.29) is 5.41 Å². The highest BCUT2D eigenvalue weighted by Crippen LogP contribution is 2.17. The van der Waals surface area contributed by atoms with Crippen LogP contribution in [0.5, 0.6) is 0 Å². The maximum atomic E-state index is 4.14. The van der Waals surface area contributed by atoms with Gasteiger partial charge in [0, 0.05) is 29.7 Å². The molecule has 0 unspecified atom stereocenters. The van der Waals surface area contributed by atoms with Crippen molar-refractivity contribution in [2.24, 2.45) is 0 Å². The third-order valence-electron chi connectivity index (χ3n) is 2.20. The van der Waals surface area contributed by atoms with E-state index in [1.165, 1.54) is 5.56 Å². The third kappa shape index (κ3) is 5.20. The Kier molecular flexibility index (Phi) is 4.76. The lowest BCUT2D eigenvalue weighted by Crippen LogP contribution is -2.12. The van der Waals surface area contributed by atoms with Crippen LogP contribution in [0.25, 0.3) is 0 Å². The molecule has 2 heterocycles. The predicted octanol–water partition coefficient (Wildman–Crippen LogP) is 3.16. The molecule has 0 saturated heterocycles. The maximum Gasteiger partial charge on any atom is 0.115 e. The van der Waals surface area contributed by atoms with Crippen molar-refractivity contribution in [3.8, 4) is 0 Å². The molecular weight excluding hydrogens is 210 g/mol. The van der Waals surface area contributed by atoms with Crippen molar-refractivity contribution in [1.29, 1.82) is 0 Å². The van der Waals surface area contributed by atoms with Crippen molar-refractivity contribution in [3.63, 3.8) is 0 Å². The van der Waals surface area contributed by atoms with E-state index in [2.05, 4.69) is 35.7 Å². The lowest BCUT2D eigenvalue weighted by Gasteiger charge is -2.16. The number of aromatic nitrogens is 3. The van der Waals surface area contributed by atoms with E-state index in [9.17, 15) is 0 Å². The van der Waals surface area contributed by atoms with Crippen molar-refractivity contribution in [1.82, 2.24) is 15.0 Å². The molecule has 0 aliphatic carbocycles. The van der Waals surface area contributed by atoms with Gasteiger partial charge in [-0.2, -0.15) is 0 Å². The molecule has 0 amide bonds. The number of rotatable bonds is 0. The summed E-state index contributed by atoms with van der Waals surface area (Å²) < 4.78 is 0. The van der Waals surface area contributed by atoms with Crippen LogP contribution in [0.3, 0.4) is 0 Å². The van der Waals surface area contributed by atoms with Gasteiger partial charge in [-0.3, -0.25) is 4.98 Å². The Labute approximate surface area is 103 Å². The first-order chi connectivity index (χ1) is 8.00. The van der Waals surface area contributed by atoms with Gasteiger partial charge in [0.15, 0.2) is 0 Å². The minimum absolute atomic E-state index is 0.142. The Morgan fingerprint density at radius 3 is 1.76 bits per heavy atom. The van der Waals surface area contributed by atoms with E-state index in [0.29, 0.717) is 0 Å². The van der Waals surface area contributed by atoms with Crippen LogP contribution < -0.4 is 0 Å². The van der Waals surface area contributed by atoms with Gasteiger partial charge >= 0.3 is 0 Å². The van der Waals surface area contributed by atoms with Crippen molar-refractivity contribution in [2.75, 3.05) is 0 Å². The summed E-state index contributed by atoms with van der Waals surface area (Å²) in [6, 6.07) is 5.89. The van der Waals surface area contributed by atoms with Crippen LogP contribution in [-0.2, 0) is 5.41 Å². The van der Waals surface area contributed by atoms with Crippen LogP contribution in [0.2, 0.25) is 0 Å². The molecule has 0 spiro atoms. The van der Waals surface area contributed by atoms with Crippen LogP contribution in [0.4, 0.5) is 0 Å². The summed E-state index contributed by atoms with van der Waals surface area (Å²) in [6.07, 6.45) is 6.93. The van der Waals surface area contributed by atoms with Gasteiger partial charge in [-0.15, -0.1) is 0 Å². The van der Waals surface area contributed by atoms with Gasteiger partial charge in [0.25, 0.3) is 0 Å². The van der Waals surface area contributed by atoms with Gasteiger partial charge < -0.3 is 0 Å². The second kappa shape index (κ2) is 6.09. The monoisotopic (exact) mass is 229 g/mol. The molecular formula is C14H19N3. The lowest BCUT2D eigenvalue weighted by molar-refractivity contribution is 0.567. The summed E-state index contributed by atoms with van der Waals surface area (Å²) in [6.45, 7) is 8.45. The first-order valence-corrected chi connectivity index (χ1v) is 5.63. The van der Waals surface area contributed by atoms with E-state index in [0.717, 1.165) is 5.69 Å². The van der Waals surface area contributed by atoms with Crippen LogP contribution in [0.1, 0.15) is 32.0 Å². The average Bonchev–Trinajstić information content (AvgIpc) is 2.31. The standard InChI is InChI=1S/C8H12N2.C6H7N/c1-8(2,3)7-4-5-9-6-10-7;1-6-2-4-7-5-3-6/h4-6H,1-3H3;2-5H,1H3. The molecule has 0 fully saturated rings. The van der Waals surface area contributed by atoms with Crippen LogP contribution in [0, 0.1) is 6.92 Å². The molecule has 0 N–H and O–H groups in total. The van der Waals surface area contributed by atoms with Gasteiger partial charge in [-0.05, 0) is 30.7 Å². The topological polar surface area (TPSA) is 38.7 Å². The van der Waals surface area contributed by atoms with Gasteiger partial charge in [0.05, 0.1) is 0 Å². The summed E-state index contributed by atoms with van der Waals surface area (Å²) in [5, 5.41) is 0. The van der Waals surface area contributed by atoms with E-state index >= 15 is 0 Å². The molecule has 0 aliphatic heterocycles. The minimum Gasteiger partial charge on any atom is -0.265 e. The molecule has 2 aromatic rings. The molecule has 3 nitrogen and oxygen atoms in total. The number of nitrogens with zero attached hydrogens (tertiary/aromatic N) is 3. The predicted molar refractivity (Wildman–Crippen MR) is 69.7 cm³/mol. The second-order valence-electron chi connectivity index (χ2n) is 4.87. The zero-order chi connectivity index (χ0) is 12.7. The summed E-state index contributed by atoms with van der Waals surface area (Å²) in [5.41, 5.74) is 2.49. The Morgan fingerprint density at radius 2 is 1.47 bits per heavy atom. The van der Waals surface area contributed by atoms with Gasteiger partial charge in [-0.25, -0.2) is 9.97 Å². The molecule has 0 aliphatic rings. The summed E-state index contributed by atoms with van der Waals surface area (Å²) in [5.74, 6) is 0. The quantitative estimate of drug-likeness (QED) is 0.696. The molecule has 0 radical (unpaired) electrons. The normalized spacial score (nSPS) is 10.4. The van der Waals surface area contributed by atoms with Crippen LogP contribution >= 0.6 is 0 Å². The molecule has 2 aromatic heterocycles. The Bertz CT molecular complexity index is 418. The molecule has 0 saturated carbocycles. The fourth-order valence-electron chi connectivity index (χ4n) is 1.16. The van der Waals surface area contributed by atoms with Crippen molar-refractivity contribution < 1.29 is 0 Å². The SMILES string of the molecule is CC(C)(C)c1ccncn1.Cc1ccncc1. The smallest absolute Gasteiger partial charge is 0.115 e. The first-order valence-electron chi connectivity index (χ1n) is 5.63. The highest BCUT2D eigenvalue weighted by Gasteiger charge is 2.13. The number of pyridine rings is 1. The van der Waals surface area contributed by atoms with Crippen LogP contribution in [-0.4, -0.2) is 15.0 Å². The zero-order valence-electron chi connectivity index (χ0n) is 10.9. The van der Waals surface area contributed by atoms with Crippen molar-refractivity contribution in [2.45, 2.75) is 33.1 Å². The number of hydrogen-bond donors (Lipinski definition) is 0. The van der Waals surface area contributed by atoms with E-state index in [1.807, 2.05) is 25.1 Å². The average molecular weight is 229 g/mol. The maximum absolute atomic E-state index is 4.14. The molecule has 0 atom stereocenters. The zero-order valence-corrected chi connectivity index (χ0v) is 10.9. The largest absolute Gasteiger partial charge is 0.265 e. The fourth-order valence-corrected chi connectivity index (χ4v) is 1.16. The Morgan fingerprint density at radius 1 is 0.882 bits per heavy atom. The Hall–Kier alpha value is -1.77. The number of aryl methyl sites for hydroxylation is 1. The fraction of sp³-hybridized carbons (Fsp3) is 0.357. The second-order valence-corrected chi connectivity index (χ2v) is 4.87. The first kappa shape index (κ1) is 13.3.